The number of aromatic nitrogens is 4. The van der Waals surface area contributed by atoms with Crippen LogP contribution in [0.25, 0.3) is 11.2 Å². The molecule has 1 saturated carbocycles. The number of rotatable bonds is 11. The van der Waals surface area contributed by atoms with Crippen molar-refractivity contribution < 1.29 is 23.5 Å². The minimum absolute atomic E-state index is 0.134. The Morgan fingerprint density at radius 1 is 1.30 bits per heavy atom. The molecule has 0 amide bonds. The van der Waals surface area contributed by atoms with Gasteiger partial charge in [-0.15, -0.1) is 4.52 Å². The fraction of sp³-hybridized carbons (Fsp3) is 0.476. The maximum absolute atomic E-state index is 12.1. The molecule has 1 aliphatic rings. The van der Waals surface area contributed by atoms with Crippen molar-refractivity contribution in [2.75, 3.05) is 31.4 Å². The Morgan fingerprint density at radius 3 is 2.70 bits per heavy atom. The van der Waals surface area contributed by atoms with E-state index < -0.39 is 26.5 Å². The molecule has 11 nitrogen and oxygen atoms in total. The van der Waals surface area contributed by atoms with Crippen LogP contribution in [0.3, 0.4) is 0 Å². The maximum atomic E-state index is 12.1. The van der Waals surface area contributed by atoms with Crippen molar-refractivity contribution in [2.45, 2.75) is 44.1 Å². The number of nitrogens with zero attached hydrogens (tertiary/aromatic N) is 5. The van der Waals surface area contributed by atoms with E-state index in [9.17, 15) is 9.67 Å². The van der Waals surface area contributed by atoms with E-state index in [1.807, 2.05) is 13.1 Å². The summed E-state index contributed by atoms with van der Waals surface area (Å²) >= 11 is 0. The van der Waals surface area contributed by atoms with E-state index in [1.165, 1.54) is 7.11 Å². The zero-order valence-corrected chi connectivity index (χ0v) is 19.6. The molecule has 176 valence electrons. The lowest BCUT2D eigenvalue weighted by atomic mass is 10.1. The summed E-state index contributed by atoms with van der Waals surface area (Å²) in [7, 11) is 0.982. The average molecular weight is 475 g/mol. The van der Waals surface area contributed by atoms with Gasteiger partial charge in [-0.2, -0.15) is 9.97 Å². The zero-order valence-electron chi connectivity index (χ0n) is 18.7. The first-order chi connectivity index (χ1) is 15.9. The zero-order chi connectivity index (χ0) is 23.5. The SMILES string of the molecule is COC(CO[P+](=O)Oc1ccccc1)[C@@H](O)[C@H](C)n1cnc2c(N(C)C3CC3)nc(N)nc21. The molecule has 0 saturated heterocycles. The van der Waals surface area contributed by atoms with Crippen LogP contribution in [0.2, 0.25) is 0 Å². The van der Waals surface area contributed by atoms with Crippen LogP contribution < -0.4 is 15.2 Å². The first-order valence-corrected chi connectivity index (χ1v) is 11.8. The first kappa shape index (κ1) is 23.3. The largest absolute Gasteiger partial charge is 0.750 e. The van der Waals surface area contributed by atoms with E-state index in [0.29, 0.717) is 28.8 Å². The number of para-hydroxylation sites is 1. The Balaban J connectivity index is 1.47. The van der Waals surface area contributed by atoms with Gasteiger partial charge in [0.25, 0.3) is 0 Å². The third-order valence-corrected chi connectivity index (χ3v) is 6.45. The van der Waals surface area contributed by atoms with Crippen molar-refractivity contribution >= 4 is 31.2 Å². The number of nitrogens with two attached hydrogens (primary N) is 1. The number of fused-ring (bicyclic) bond motifs is 1. The molecule has 1 aromatic carbocycles. The second-order valence-electron chi connectivity index (χ2n) is 8.00. The van der Waals surface area contributed by atoms with E-state index in [-0.39, 0.29) is 12.6 Å². The number of aliphatic hydroxyl groups is 1. The number of anilines is 2. The molecule has 0 spiro atoms. The van der Waals surface area contributed by atoms with Gasteiger partial charge in [0.1, 0.15) is 18.8 Å². The molecule has 3 aromatic rings. The molecule has 1 fully saturated rings. The van der Waals surface area contributed by atoms with Gasteiger partial charge in [0.15, 0.2) is 22.7 Å². The van der Waals surface area contributed by atoms with Crippen LogP contribution in [0, 0.1) is 0 Å². The van der Waals surface area contributed by atoms with Crippen molar-refractivity contribution in [3.8, 4) is 5.75 Å². The van der Waals surface area contributed by atoms with Crippen LogP contribution in [0.1, 0.15) is 25.8 Å². The molecule has 3 N–H and O–H groups in total. The van der Waals surface area contributed by atoms with Crippen molar-refractivity contribution in [1.29, 1.82) is 0 Å². The Morgan fingerprint density at radius 2 is 2.03 bits per heavy atom. The van der Waals surface area contributed by atoms with Crippen molar-refractivity contribution in [1.82, 2.24) is 19.5 Å². The fourth-order valence-corrected chi connectivity index (χ4v) is 4.22. The summed E-state index contributed by atoms with van der Waals surface area (Å²) in [5, 5.41) is 11.0. The predicted molar refractivity (Wildman–Crippen MR) is 123 cm³/mol. The lowest BCUT2D eigenvalue weighted by molar-refractivity contribution is -0.0539. The molecule has 12 heteroatoms. The fourth-order valence-electron chi connectivity index (χ4n) is 3.61. The Labute approximate surface area is 192 Å². The van der Waals surface area contributed by atoms with Crippen LogP contribution >= 0.6 is 8.25 Å². The Hall–Kier alpha value is -2.85. The van der Waals surface area contributed by atoms with Gasteiger partial charge in [0, 0.05) is 24.8 Å². The molecule has 2 aromatic heterocycles. The van der Waals surface area contributed by atoms with Gasteiger partial charge >= 0.3 is 8.25 Å². The second-order valence-corrected chi connectivity index (χ2v) is 8.89. The normalized spacial score (nSPS) is 16.9. The van der Waals surface area contributed by atoms with E-state index in [0.717, 1.165) is 12.8 Å². The summed E-state index contributed by atoms with van der Waals surface area (Å²) < 4.78 is 29.8. The number of benzene rings is 1. The minimum Gasteiger partial charge on any atom is -0.388 e. The highest BCUT2D eigenvalue weighted by atomic mass is 31.1. The quantitative estimate of drug-likeness (QED) is 0.398. The highest BCUT2D eigenvalue weighted by molar-refractivity contribution is 7.33. The maximum Gasteiger partial charge on any atom is 0.750 e. The predicted octanol–water partition coefficient (Wildman–Crippen LogP) is 2.70. The molecule has 0 radical (unpaired) electrons. The molecule has 33 heavy (non-hydrogen) atoms. The monoisotopic (exact) mass is 475 g/mol. The molecular formula is C21H28N6O5P+. The number of hydrogen-bond acceptors (Lipinski definition) is 10. The van der Waals surface area contributed by atoms with Crippen LogP contribution in [0.4, 0.5) is 11.8 Å². The van der Waals surface area contributed by atoms with Gasteiger partial charge in [0.05, 0.1) is 12.4 Å². The summed E-state index contributed by atoms with van der Waals surface area (Å²) in [4.78, 5) is 15.3. The number of nitrogen functional groups attached to an aromatic ring is 1. The number of methoxy groups -OCH3 is 1. The van der Waals surface area contributed by atoms with Gasteiger partial charge in [-0.1, -0.05) is 18.2 Å². The number of aliphatic hydroxyl groups excluding tert-OH is 1. The molecule has 4 rings (SSSR count). The smallest absolute Gasteiger partial charge is 0.388 e. The summed E-state index contributed by atoms with van der Waals surface area (Å²) in [6.45, 7) is 1.67. The van der Waals surface area contributed by atoms with Crippen LogP contribution in [-0.4, -0.2) is 63.6 Å². The van der Waals surface area contributed by atoms with Gasteiger partial charge in [-0.25, -0.2) is 9.51 Å². The highest BCUT2D eigenvalue weighted by Crippen LogP contribution is 2.34. The summed E-state index contributed by atoms with van der Waals surface area (Å²) in [6, 6.07) is 8.63. The molecule has 1 aliphatic carbocycles. The van der Waals surface area contributed by atoms with E-state index in [4.69, 9.17) is 19.5 Å². The topological polar surface area (TPSA) is 138 Å². The van der Waals surface area contributed by atoms with Gasteiger partial charge in [-0.3, -0.25) is 0 Å². The molecule has 2 heterocycles. The molecule has 0 bridgehead atoms. The molecule has 0 aliphatic heterocycles. The second kappa shape index (κ2) is 9.96. The summed E-state index contributed by atoms with van der Waals surface area (Å²) in [5.41, 5.74) is 7.11. The van der Waals surface area contributed by atoms with Crippen LogP contribution in [0.5, 0.6) is 5.75 Å². The van der Waals surface area contributed by atoms with E-state index >= 15 is 0 Å². The standard InChI is InChI=1S/C21H28N6O5P/c1-13(18(28)16(30-3)11-31-33(29)32-15-7-5-4-6-8-15)27-12-23-17-19(26(2)14-9-10-14)24-21(22)25-20(17)27/h4-8,12-14,16,18,28H,9-11H2,1-3H3,(H2,22,24,25)/q+1/t13-,16?,18-/m0/s1. The lowest BCUT2D eigenvalue weighted by Crippen LogP contribution is -2.38. The van der Waals surface area contributed by atoms with Crippen LogP contribution in [0.15, 0.2) is 36.7 Å². The third-order valence-electron chi connectivity index (χ3n) is 5.73. The van der Waals surface area contributed by atoms with E-state index in [1.54, 1.807) is 42.1 Å². The summed E-state index contributed by atoms with van der Waals surface area (Å²) in [6.07, 6.45) is 2.01. The van der Waals surface area contributed by atoms with Gasteiger partial charge in [-0.05, 0) is 31.9 Å². The highest BCUT2D eigenvalue weighted by Gasteiger charge is 2.34. The Bertz CT molecular complexity index is 1110. The number of imidazole rings is 1. The van der Waals surface area contributed by atoms with Crippen molar-refractivity contribution in [2.24, 2.45) is 0 Å². The third kappa shape index (κ3) is 5.22. The molecular weight excluding hydrogens is 447 g/mol. The minimum atomic E-state index is -2.43. The summed E-state index contributed by atoms with van der Waals surface area (Å²) in [5.74, 6) is 1.23. The molecule has 2 unspecified atom stereocenters. The van der Waals surface area contributed by atoms with Crippen LogP contribution in [-0.2, 0) is 13.8 Å². The number of ether oxygens (including phenoxy) is 1. The average Bonchev–Trinajstić information content (AvgIpc) is 3.58. The number of hydrogen-bond donors (Lipinski definition) is 2. The van der Waals surface area contributed by atoms with Crippen molar-refractivity contribution in [3.05, 3.63) is 36.7 Å². The Kier molecular flexibility index (Phi) is 7.04. The molecule has 4 atom stereocenters. The van der Waals surface area contributed by atoms with E-state index in [2.05, 4.69) is 19.9 Å². The lowest BCUT2D eigenvalue weighted by Gasteiger charge is -2.26. The van der Waals surface area contributed by atoms with Gasteiger partial charge < -0.3 is 25.0 Å². The van der Waals surface area contributed by atoms with Crippen molar-refractivity contribution in [3.63, 3.8) is 0 Å². The first-order valence-electron chi connectivity index (χ1n) is 10.7. The van der Waals surface area contributed by atoms with Gasteiger partial charge in [0.2, 0.25) is 5.95 Å².